The van der Waals surface area contributed by atoms with Crippen LogP contribution in [0.4, 0.5) is 4.79 Å². The van der Waals surface area contributed by atoms with Gasteiger partial charge in [0.2, 0.25) is 0 Å². The van der Waals surface area contributed by atoms with Crippen molar-refractivity contribution >= 4 is 70.3 Å². The van der Waals surface area contributed by atoms with Crippen LogP contribution in [0.25, 0.3) is 0 Å². The molecule has 1 unspecified atom stereocenters. The number of hydrogen-bond donors (Lipinski definition) is 2. The molecule has 0 aromatic heterocycles. The molecular formula is C19H20Cl4N2O6. The predicted octanol–water partition coefficient (Wildman–Crippen LogP) is 4.90. The number of hydrogen-bond acceptors (Lipinski definition) is 5. The molecule has 0 aliphatic carbocycles. The molecule has 8 nitrogen and oxygen atoms in total. The monoisotopic (exact) mass is 512 g/mol. The number of carbonyl (C=O) groups excluding carboxylic acids is 3. The van der Waals surface area contributed by atoms with Gasteiger partial charge < -0.3 is 15.2 Å². The molecule has 31 heavy (non-hydrogen) atoms. The average Bonchev–Trinajstić information content (AvgIpc) is 2.88. The molecule has 170 valence electrons. The maximum atomic E-state index is 13.2. The number of nitrogens with one attached hydrogen (secondary N) is 1. The quantitative estimate of drug-likeness (QED) is 0.329. The summed E-state index contributed by atoms with van der Waals surface area (Å²) in [6, 6.07) is -1.32. The van der Waals surface area contributed by atoms with Gasteiger partial charge in [0.1, 0.15) is 5.60 Å². The number of ether oxygens (including phenoxy) is 1. The minimum atomic E-state index is -1.67. The van der Waals surface area contributed by atoms with Gasteiger partial charge in [-0.15, -0.1) is 0 Å². The van der Waals surface area contributed by atoms with Gasteiger partial charge in [-0.25, -0.2) is 4.79 Å². The van der Waals surface area contributed by atoms with Gasteiger partial charge in [0.05, 0.1) is 42.7 Å². The van der Waals surface area contributed by atoms with Gasteiger partial charge in [-0.3, -0.25) is 19.3 Å². The summed E-state index contributed by atoms with van der Waals surface area (Å²) >= 11 is 24.3. The molecule has 1 aliphatic rings. The third-order valence-corrected chi connectivity index (χ3v) is 6.47. The van der Waals surface area contributed by atoms with Gasteiger partial charge >= 0.3 is 12.1 Å². The zero-order chi connectivity index (χ0) is 24.0. The first kappa shape index (κ1) is 25.5. The van der Waals surface area contributed by atoms with Crippen LogP contribution in [0.15, 0.2) is 0 Å². The fraction of sp³-hybridized carbons (Fsp3) is 0.474. The van der Waals surface area contributed by atoms with Crippen LogP contribution in [-0.2, 0) is 9.53 Å². The topological polar surface area (TPSA) is 113 Å². The molecule has 2 rings (SSSR count). The lowest BCUT2D eigenvalue weighted by Crippen LogP contribution is -2.56. The minimum Gasteiger partial charge on any atom is -0.481 e. The van der Waals surface area contributed by atoms with Gasteiger partial charge in [0.15, 0.2) is 0 Å². The summed E-state index contributed by atoms with van der Waals surface area (Å²) in [5.74, 6) is -3.13. The number of nitrogens with zero attached hydrogens (tertiary/aromatic N) is 1. The summed E-state index contributed by atoms with van der Waals surface area (Å²) in [5.41, 5.74) is -3.05. The zero-order valence-corrected chi connectivity index (χ0v) is 20.3. The molecule has 1 aromatic carbocycles. The molecule has 2 N–H and O–H groups in total. The predicted molar refractivity (Wildman–Crippen MR) is 116 cm³/mol. The Labute approximate surface area is 198 Å². The molecule has 0 spiro atoms. The zero-order valence-electron chi connectivity index (χ0n) is 17.2. The summed E-state index contributed by atoms with van der Waals surface area (Å²) in [7, 11) is 0. The van der Waals surface area contributed by atoms with E-state index in [-0.39, 0.29) is 31.2 Å². The number of carbonyl (C=O) groups is 4. The summed E-state index contributed by atoms with van der Waals surface area (Å²) in [4.78, 5) is 51.0. The van der Waals surface area contributed by atoms with Crippen LogP contribution < -0.4 is 5.32 Å². The molecule has 1 atom stereocenters. The first-order chi connectivity index (χ1) is 14.0. The Morgan fingerprint density at radius 1 is 0.935 bits per heavy atom. The van der Waals surface area contributed by atoms with E-state index in [1.165, 1.54) is 13.8 Å². The van der Waals surface area contributed by atoms with E-state index < -0.39 is 47.5 Å². The highest BCUT2D eigenvalue weighted by Crippen LogP contribution is 2.46. The van der Waals surface area contributed by atoms with Crippen LogP contribution in [0.3, 0.4) is 0 Å². The van der Waals surface area contributed by atoms with Crippen molar-refractivity contribution in [3.8, 4) is 0 Å². The van der Waals surface area contributed by atoms with Crippen LogP contribution in [0.1, 0.15) is 55.3 Å². The average molecular weight is 514 g/mol. The van der Waals surface area contributed by atoms with Crippen molar-refractivity contribution in [3.05, 3.63) is 31.2 Å². The van der Waals surface area contributed by atoms with Crippen molar-refractivity contribution in [1.29, 1.82) is 0 Å². The highest BCUT2D eigenvalue weighted by Gasteiger charge is 2.51. The number of fused-ring (bicyclic) bond motifs is 1. The smallest absolute Gasteiger partial charge is 0.407 e. The lowest BCUT2D eigenvalue weighted by molar-refractivity contribution is -0.149. The summed E-state index contributed by atoms with van der Waals surface area (Å²) in [6.45, 7) is 7.15. The maximum Gasteiger partial charge on any atom is 0.407 e. The van der Waals surface area contributed by atoms with Crippen molar-refractivity contribution in [1.82, 2.24) is 10.2 Å². The van der Waals surface area contributed by atoms with Gasteiger partial charge in [-0.05, 0) is 34.6 Å². The van der Waals surface area contributed by atoms with Crippen LogP contribution in [0.5, 0.6) is 0 Å². The molecule has 0 fully saturated rings. The van der Waals surface area contributed by atoms with Crippen molar-refractivity contribution in [2.75, 3.05) is 6.54 Å². The highest BCUT2D eigenvalue weighted by atomic mass is 35.5. The van der Waals surface area contributed by atoms with Gasteiger partial charge in [0, 0.05) is 6.54 Å². The number of imide groups is 1. The van der Waals surface area contributed by atoms with Crippen molar-refractivity contribution in [2.24, 2.45) is 5.41 Å². The fourth-order valence-corrected chi connectivity index (χ4v) is 3.97. The Hall–Kier alpha value is -1.74. The summed E-state index contributed by atoms with van der Waals surface area (Å²) in [5, 5.41) is 11.1. The maximum absolute atomic E-state index is 13.2. The Kier molecular flexibility index (Phi) is 7.12. The van der Waals surface area contributed by atoms with E-state index in [9.17, 15) is 24.3 Å². The molecule has 0 saturated heterocycles. The number of carboxylic acid groups (broad SMARTS) is 1. The van der Waals surface area contributed by atoms with E-state index in [0.717, 1.165) is 0 Å². The Balaban J connectivity index is 2.52. The van der Waals surface area contributed by atoms with E-state index in [1.807, 2.05) is 0 Å². The highest BCUT2D eigenvalue weighted by molar-refractivity contribution is 6.55. The second-order valence-corrected chi connectivity index (χ2v) is 9.92. The number of halogens is 4. The standard InChI is InChI=1S/C19H20Cl4N2O6/c1-18(2,3)31-17(30)24-6-7(19(4,5)16(28)29)25-14(26)8-9(15(25)27)11(21)13(23)12(22)10(8)20/h7H,6H2,1-5H3,(H,24,30)(H,28,29). The van der Waals surface area contributed by atoms with E-state index in [0.29, 0.717) is 4.90 Å². The molecule has 0 bridgehead atoms. The molecule has 1 aromatic rings. The van der Waals surface area contributed by atoms with Crippen molar-refractivity contribution in [2.45, 2.75) is 46.3 Å². The lowest BCUT2D eigenvalue weighted by Gasteiger charge is -2.36. The number of amides is 3. The largest absolute Gasteiger partial charge is 0.481 e. The fourth-order valence-electron chi connectivity index (χ4n) is 2.96. The number of rotatable bonds is 5. The Morgan fingerprint density at radius 2 is 1.35 bits per heavy atom. The first-order valence-electron chi connectivity index (χ1n) is 8.96. The van der Waals surface area contributed by atoms with Gasteiger partial charge in [-0.1, -0.05) is 46.4 Å². The normalized spacial score (nSPS) is 15.1. The lowest BCUT2D eigenvalue weighted by atomic mass is 9.83. The van der Waals surface area contributed by atoms with Crippen molar-refractivity contribution < 1.29 is 29.0 Å². The summed E-state index contributed by atoms with van der Waals surface area (Å²) in [6.07, 6.45) is -0.850. The van der Waals surface area contributed by atoms with Gasteiger partial charge in [0.25, 0.3) is 11.8 Å². The van der Waals surface area contributed by atoms with Crippen LogP contribution in [0.2, 0.25) is 20.1 Å². The second kappa shape index (κ2) is 8.65. The molecule has 1 heterocycles. The molecule has 1 aliphatic heterocycles. The van der Waals surface area contributed by atoms with Crippen LogP contribution in [0, 0.1) is 5.41 Å². The number of carboxylic acids is 1. The van der Waals surface area contributed by atoms with E-state index >= 15 is 0 Å². The summed E-state index contributed by atoms with van der Waals surface area (Å²) < 4.78 is 5.15. The molecular weight excluding hydrogens is 494 g/mol. The first-order valence-corrected chi connectivity index (χ1v) is 10.5. The van der Waals surface area contributed by atoms with E-state index in [1.54, 1.807) is 20.8 Å². The Morgan fingerprint density at radius 3 is 1.71 bits per heavy atom. The third kappa shape index (κ3) is 4.72. The molecule has 3 amide bonds. The molecule has 0 saturated carbocycles. The SMILES string of the molecule is CC(C)(C)OC(=O)NCC(N1C(=O)c2c(Cl)c(Cl)c(Cl)c(Cl)c2C1=O)C(C)(C)C(=O)O. The number of benzene rings is 1. The van der Waals surface area contributed by atoms with Gasteiger partial charge in [-0.2, -0.15) is 0 Å². The third-order valence-electron chi connectivity index (χ3n) is 4.67. The minimum absolute atomic E-state index is 0.212. The van der Waals surface area contributed by atoms with Crippen LogP contribution in [-0.4, -0.2) is 52.1 Å². The molecule has 12 heteroatoms. The van der Waals surface area contributed by atoms with E-state index in [4.69, 9.17) is 51.1 Å². The van der Waals surface area contributed by atoms with Crippen molar-refractivity contribution in [3.63, 3.8) is 0 Å². The van der Waals surface area contributed by atoms with Crippen LogP contribution >= 0.6 is 46.4 Å². The van der Waals surface area contributed by atoms with E-state index in [2.05, 4.69) is 5.32 Å². The molecule has 0 radical (unpaired) electrons. The number of alkyl carbamates (subject to hydrolysis) is 1. The Bertz CT molecular complexity index is 940. The number of aliphatic carboxylic acids is 1. The second-order valence-electron chi connectivity index (χ2n) is 8.41.